The van der Waals surface area contributed by atoms with Crippen LogP contribution in [0.25, 0.3) is 0 Å². The van der Waals surface area contributed by atoms with Crippen molar-refractivity contribution in [2.45, 2.75) is 37.5 Å². The van der Waals surface area contributed by atoms with Crippen LogP contribution in [0.2, 0.25) is 0 Å². The zero-order valence-electron chi connectivity index (χ0n) is 17.6. The largest absolute Gasteiger partial charge is 0.474 e. The van der Waals surface area contributed by atoms with E-state index in [0.717, 1.165) is 19.5 Å². The number of Topliss-reactive ketones (excluding diaryl/α,β-unsaturated/α-hetero) is 1. The van der Waals surface area contributed by atoms with Crippen LogP contribution in [0, 0.1) is 0 Å². The Labute approximate surface area is 185 Å². The third-order valence-electron chi connectivity index (χ3n) is 6.35. The number of carbonyl (C=O) groups is 3. The second-order valence-corrected chi connectivity index (χ2v) is 8.77. The maximum absolute atomic E-state index is 12.6. The molecule has 0 saturated heterocycles. The average Bonchev–Trinajstić information content (AvgIpc) is 2.76. The SMILES string of the molecule is O=C1CC2(C1)Oc1ccc(C(=O)NC[C@H](O)CN3CCc4ccccc4C3)cc1NC2=O. The van der Waals surface area contributed by atoms with Gasteiger partial charge in [-0.25, -0.2) is 0 Å². The molecule has 2 aliphatic heterocycles. The van der Waals surface area contributed by atoms with Crippen LogP contribution in [0.15, 0.2) is 42.5 Å². The summed E-state index contributed by atoms with van der Waals surface area (Å²) in [5, 5.41) is 15.9. The number of fused-ring (bicyclic) bond motifs is 2. The molecule has 1 spiro atoms. The molecule has 1 atom stereocenters. The number of nitrogens with zero attached hydrogens (tertiary/aromatic N) is 1. The second-order valence-electron chi connectivity index (χ2n) is 8.77. The Balaban J connectivity index is 1.15. The first-order valence-corrected chi connectivity index (χ1v) is 10.8. The number of β-amino-alcohol motifs (C(OH)–C–C–N with tert-alkyl or cyclic N) is 1. The molecule has 3 aliphatic rings. The Morgan fingerprint density at radius 1 is 1.19 bits per heavy atom. The summed E-state index contributed by atoms with van der Waals surface area (Å²) in [5.74, 6) is -0.268. The topological polar surface area (TPSA) is 108 Å². The number of hydrogen-bond acceptors (Lipinski definition) is 6. The van der Waals surface area contributed by atoms with Gasteiger partial charge in [0.1, 0.15) is 11.5 Å². The first-order chi connectivity index (χ1) is 15.4. The summed E-state index contributed by atoms with van der Waals surface area (Å²) in [5.41, 5.74) is 2.28. The van der Waals surface area contributed by atoms with Crippen LogP contribution in [0.3, 0.4) is 0 Å². The van der Waals surface area contributed by atoms with E-state index in [0.29, 0.717) is 23.5 Å². The van der Waals surface area contributed by atoms with Gasteiger partial charge >= 0.3 is 0 Å². The van der Waals surface area contributed by atoms with Crippen molar-refractivity contribution in [2.24, 2.45) is 0 Å². The van der Waals surface area contributed by atoms with Gasteiger partial charge in [0.05, 0.1) is 24.6 Å². The van der Waals surface area contributed by atoms with Crippen LogP contribution < -0.4 is 15.4 Å². The van der Waals surface area contributed by atoms with Crippen molar-refractivity contribution in [3.8, 4) is 5.75 Å². The van der Waals surface area contributed by atoms with E-state index in [2.05, 4.69) is 27.7 Å². The second kappa shape index (κ2) is 8.03. The Hall–Kier alpha value is -3.23. The van der Waals surface area contributed by atoms with E-state index >= 15 is 0 Å². The number of aliphatic hydroxyl groups excluding tert-OH is 1. The van der Waals surface area contributed by atoms with Crippen LogP contribution in [-0.2, 0) is 22.6 Å². The molecular formula is C24H25N3O5. The van der Waals surface area contributed by atoms with Crippen molar-refractivity contribution >= 4 is 23.3 Å². The molecule has 1 aliphatic carbocycles. The van der Waals surface area contributed by atoms with Gasteiger partial charge in [0.2, 0.25) is 5.60 Å². The summed E-state index contributed by atoms with van der Waals surface area (Å²) >= 11 is 0. The number of anilines is 1. The standard InChI is InChI=1S/C24H25N3O5/c28-18-10-24(11-18)23(31)26-20-9-16(5-6-21(20)32-24)22(30)25-12-19(29)14-27-8-7-15-3-1-2-4-17(15)13-27/h1-6,9,19,29H,7-8,10-14H2,(H,25,30)(H,26,31)/t19-/m0/s1. The van der Waals surface area contributed by atoms with E-state index in [9.17, 15) is 19.5 Å². The van der Waals surface area contributed by atoms with E-state index < -0.39 is 11.7 Å². The van der Waals surface area contributed by atoms with Gasteiger partial charge in [-0.1, -0.05) is 24.3 Å². The van der Waals surface area contributed by atoms with E-state index in [1.54, 1.807) is 18.2 Å². The highest BCUT2D eigenvalue weighted by Gasteiger charge is 2.54. The summed E-state index contributed by atoms with van der Waals surface area (Å²) in [4.78, 5) is 38.4. The van der Waals surface area contributed by atoms with Gasteiger partial charge in [0.15, 0.2) is 0 Å². The number of amides is 2. The van der Waals surface area contributed by atoms with Crippen molar-refractivity contribution in [3.05, 3.63) is 59.2 Å². The highest BCUT2D eigenvalue weighted by Crippen LogP contribution is 2.42. The Bertz CT molecular complexity index is 1090. The lowest BCUT2D eigenvalue weighted by Crippen LogP contribution is -2.59. The lowest BCUT2D eigenvalue weighted by molar-refractivity contribution is -0.152. The molecule has 166 valence electrons. The number of rotatable bonds is 5. The van der Waals surface area contributed by atoms with Gasteiger partial charge < -0.3 is 20.5 Å². The third-order valence-corrected chi connectivity index (χ3v) is 6.35. The lowest BCUT2D eigenvalue weighted by atomic mass is 9.77. The molecule has 0 bridgehead atoms. The number of nitrogens with one attached hydrogen (secondary N) is 2. The fraction of sp³-hybridized carbons (Fsp3) is 0.375. The molecule has 2 aromatic carbocycles. The lowest BCUT2D eigenvalue weighted by Gasteiger charge is -2.42. The highest BCUT2D eigenvalue weighted by molar-refractivity contribution is 6.10. The van der Waals surface area contributed by atoms with Gasteiger partial charge in [0, 0.05) is 31.7 Å². The fourth-order valence-corrected chi connectivity index (χ4v) is 4.55. The maximum Gasteiger partial charge on any atom is 0.269 e. The third kappa shape index (κ3) is 3.87. The average molecular weight is 435 g/mol. The predicted octanol–water partition coefficient (Wildman–Crippen LogP) is 1.27. The van der Waals surface area contributed by atoms with E-state index in [4.69, 9.17) is 4.74 Å². The first-order valence-electron chi connectivity index (χ1n) is 10.8. The molecule has 0 radical (unpaired) electrons. The summed E-state index contributed by atoms with van der Waals surface area (Å²) in [6.45, 7) is 2.27. The molecule has 0 aromatic heterocycles. The maximum atomic E-state index is 12.6. The van der Waals surface area contributed by atoms with Crippen LogP contribution in [0.1, 0.15) is 34.3 Å². The minimum absolute atomic E-state index is 0.00748. The Morgan fingerprint density at radius 3 is 2.75 bits per heavy atom. The van der Waals surface area contributed by atoms with Crippen molar-refractivity contribution in [1.82, 2.24) is 10.2 Å². The van der Waals surface area contributed by atoms with Crippen molar-refractivity contribution in [2.75, 3.05) is 25.0 Å². The molecule has 0 unspecified atom stereocenters. The fourth-order valence-electron chi connectivity index (χ4n) is 4.55. The van der Waals surface area contributed by atoms with Gasteiger partial charge in [-0.3, -0.25) is 19.3 Å². The quantitative estimate of drug-likeness (QED) is 0.653. The van der Waals surface area contributed by atoms with E-state index in [1.807, 2.05) is 12.1 Å². The van der Waals surface area contributed by atoms with Crippen molar-refractivity contribution in [1.29, 1.82) is 0 Å². The predicted molar refractivity (Wildman–Crippen MR) is 116 cm³/mol. The zero-order valence-corrected chi connectivity index (χ0v) is 17.6. The number of ether oxygens (including phenoxy) is 1. The molecule has 1 fully saturated rings. The summed E-state index contributed by atoms with van der Waals surface area (Å²) in [7, 11) is 0. The Morgan fingerprint density at radius 2 is 1.97 bits per heavy atom. The molecular weight excluding hydrogens is 410 g/mol. The molecule has 5 rings (SSSR count). The van der Waals surface area contributed by atoms with Crippen LogP contribution >= 0.6 is 0 Å². The zero-order chi connectivity index (χ0) is 22.3. The molecule has 2 heterocycles. The summed E-state index contributed by atoms with van der Waals surface area (Å²) in [6, 6.07) is 13.1. The number of hydrogen-bond donors (Lipinski definition) is 3. The van der Waals surface area contributed by atoms with E-state index in [1.165, 1.54) is 11.1 Å². The summed E-state index contributed by atoms with van der Waals surface area (Å²) < 4.78 is 5.77. The van der Waals surface area contributed by atoms with Gasteiger partial charge in [-0.15, -0.1) is 0 Å². The smallest absolute Gasteiger partial charge is 0.269 e. The van der Waals surface area contributed by atoms with Crippen LogP contribution in [0.4, 0.5) is 5.69 Å². The van der Waals surface area contributed by atoms with Gasteiger partial charge in [-0.05, 0) is 35.7 Å². The first kappa shape index (κ1) is 20.7. The minimum atomic E-state index is -1.10. The monoisotopic (exact) mass is 435 g/mol. The number of aliphatic hydroxyl groups is 1. The van der Waals surface area contributed by atoms with Gasteiger partial charge in [-0.2, -0.15) is 0 Å². The van der Waals surface area contributed by atoms with Crippen LogP contribution in [-0.4, -0.2) is 58.9 Å². The highest BCUT2D eigenvalue weighted by atomic mass is 16.5. The number of carbonyl (C=O) groups excluding carboxylic acids is 3. The molecule has 1 saturated carbocycles. The van der Waals surface area contributed by atoms with Gasteiger partial charge in [0.25, 0.3) is 11.8 Å². The molecule has 8 nitrogen and oxygen atoms in total. The number of ketones is 1. The minimum Gasteiger partial charge on any atom is -0.474 e. The van der Waals surface area contributed by atoms with E-state index in [-0.39, 0.29) is 37.0 Å². The summed E-state index contributed by atoms with van der Waals surface area (Å²) in [6.07, 6.45) is 0.399. The number of benzene rings is 2. The normalized spacial score (nSPS) is 19.8. The van der Waals surface area contributed by atoms with Crippen molar-refractivity contribution < 1.29 is 24.2 Å². The van der Waals surface area contributed by atoms with Crippen molar-refractivity contribution in [3.63, 3.8) is 0 Å². The molecule has 2 aromatic rings. The van der Waals surface area contributed by atoms with Crippen LogP contribution in [0.5, 0.6) is 5.75 Å². The molecule has 8 heteroatoms. The molecule has 2 amide bonds. The Kier molecular flexibility index (Phi) is 5.19. The molecule has 3 N–H and O–H groups in total. The molecule has 32 heavy (non-hydrogen) atoms.